The summed E-state index contributed by atoms with van der Waals surface area (Å²) < 4.78 is 10.5. The first-order valence-electron chi connectivity index (χ1n) is 8.54. The standard InChI is InChI=1S/C20H24N2O4S/c1-5-19(27-16-8-6-7-14(11-16)21-13(2)23)20(24)22-17-12-15(25-3)9-10-18(17)26-4/h6-12,19H,5H2,1-4H3,(H,21,23)(H,22,24). The molecule has 7 heteroatoms. The fraction of sp³-hybridized carbons (Fsp3) is 0.300. The molecule has 27 heavy (non-hydrogen) atoms. The molecule has 0 aliphatic heterocycles. The van der Waals surface area contributed by atoms with E-state index in [1.165, 1.54) is 18.7 Å². The average Bonchev–Trinajstić information content (AvgIpc) is 2.65. The van der Waals surface area contributed by atoms with E-state index in [0.717, 1.165) is 4.90 Å². The predicted octanol–water partition coefficient (Wildman–Crippen LogP) is 4.17. The number of hydrogen-bond donors (Lipinski definition) is 2. The highest BCUT2D eigenvalue weighted by Gasteiger charge is 2.20. The lowest BCUT2D eigenvalue weighted by atomic mass is 10.2. The van der Waals surface area contributed by atoms with Crippen LogP contribution in [0.3, 0.4) is 0 Å². The van der Waals surface area contributed by atoms with Crippen LogP contribution in [0.4, 0.5) is 11.4 Å². The maximum absolute atomic E-state index is 12.8. The highest BCUT2D eigenvalue weighted by Crippen LogP contribution is 2.32. The van der Waals surface area contributed by atoms with Crippen LogP contribution >= 0.6 is 11.8 Å². The third-order valence-corrected chi connectivity index (χ3v) is 5.12. The molecular formula is C20H24N2O4S. The molecule has 2 aromatic carbocycles. The van der Waals surface area contributed by atoms with Gasteiger partial charge in [0.05, 0.1) is 25.2 Å². The quantitative estimate of drug-likeness (QED) is 0.664. The minimum absolute atomic E-state index is 0.126. The van der Waals surface area contributed by atoms with E-state index < -0.39 is 0 Å². The zero-order valence-electron chi connectivity index (χ0n) is 15.9. The Bertz CT molecular complexity index is 810. The molecule has 2 rings (SSSR count). The molecule has 0 heterocycles. The van der Waals surface area contributed by atoms with Crippen molar-refractivity contribution >= 4 is 35.0 Å². The zero-order valence-corrected chi connectivity index (χ0v) is 16.7. The lowest BCUT2D eigenvalue weighted by Gasteiger charge is -2.17. The summed E-state index contributed by atoms with van der Waals surface area (Å²) in [6.45, 7) is 3.42. The summed E-state index contributed by atoms with van der Waals surface area (Å²) in [5.74, 6) is 0.942. The fourth-order valence-electron chi connectivity index (χ4n) is 2.46. The number of nitrogens with one attached hydrogen (secondary N) is 2. The summed E-state index contributed by atoms with van der Waals surface area (Å²) in [7, 11) is 3.12. The summed E-state index contributed by atoms with van der Waals surface area (Å²) in [6, 6.07) is 12.7. The van der Waals surface area contributed by atoms with Crippen LogP contribution in [0.25, 0.3) is 0 Å². The Kier molecular flexibility index (Phi) is 7.55. The van der Waals surface area contributed by atoms with Crippen molar-refractivity contribution in [3.8, 4) is 11.5 Å². The van der Waals surface area contributed by atoms with Crippen molar-refractivity contribution in [3.63, 3.8) is 0 Å². The third kappa shape index (κ3) is 5.92. The van der Waals surface area contributed by atoms with Gasteiger partial charge >= 0.3 is 0 Å². The van der Waals surface area contributed by atoms with Gasteiger partial charge < -0.3 is 20.1 Å². The van der Waals surface area contributed by atoms with Crippen molar-refractivity contribution in [2.24, 2.45) is 0 Å². The second-order valence-electron chi connectivity index (χ2n) is 5.78. The maximum Gasteiger partial charge on any atom is 0.237 e. The van der Waals surface area contributed by atoms with Crippen molar-refractivity contribution in [3.05, 3.63) is 42.5 Å². The van der Waals surface area contributed by atoms with Crippen LogP contribution < -0.4 is 20.1 Å². The minimum Gasteiger partial charge on any atom is -0.497 e. The monoisotopic (exact) mass is 388 g/mol. The van der Waals surface area contributed by atoms with Crippen molar-refractivity contribution in [1.82, 2.24) is 0 Å². The number of benzene rings is 2. The van der Waals surface area contributed by atoms with E-state index in [4.69, 9.17) is 9.47 Å². The third-order valence-electron chi connectivity index (χ3n) is 3.76. The van der Waals surface area contributed by atoms with E-state index in [1.807, 2.05) is 31.2 Å². The van der Waals surface area contributed by atoms with Gasteiger partial charge in [-0.2, -0.15) is 0 Å². The van der Waals surface area contributed by atoms with Gasteiger partial charge in [0.25, 0.3) is 0 Å². The Hall–Kier alpha value is -2.67. The Morgan fingerprint density at radius 3 is 2.48 bits per heavy atom. The van der Waals surface area contributed by atoms with Gasteiger partial charge in [0.2, 0.25) is 11.8 Å². The molecule has 1 atom stereocenters. The fourth-order valence-corrected chi connectivity index (χ4v) is 3.48. The lowest BCUT2D eigenvalue weighted by Crippen LogP contribution is -2.24. The number of carbonyl (C=O) groups is 2. The molecule has 2 amide bonds. The molecule has 0 aliphatic rings. The molecular weight excluding hydrogens is 364 g/mol. The van der Waals surface area contributed by atoms with Crippen LogP contribution in [0.15, 0.2) is 47.4 Å². The van der Waals surface area contributed by atoms with Crippen LogP contribution in [0.1, 0.15) is 20.3 Å². The number of carbonyl (C=O) groups excluding carboxylic acids is 2. The van der Waals surface area contributed by atoms with Gasteiger partial charge in [0.15, 0.2) is 0 Å². The number of anilines is 2. The minimum atomic E-state index is -0.298. The van der Waals surface area contributed by atoms with Gasteiger partial charge in [-0.3, -0.25) is 9.59 Å². The lowest BCUT2D eigenvalue weighted by molar-refractivity contribution is -0.116. The first kappa shape index (κ1) is 20.6. The van der Waals surface area contributed by atoms with E-state index in [-0.39, 0.29) is 17.1 Å². The first-order valence-corrected chi connectivity index (χ1v) is 9.42. The summed E-state index contributed by atoms with van der Waals surface area (Å²) in [5.41, 5.74) is 1.27. The van der Waals surface area contributed by atoms with Crippen LogP contribution in [-0.2, 0) is 9.59 Å². The van der Waals surface area contributed by atoms with Crippen LogP contribution in [0.2, 0.25) is 0 Å². The largest absolute Gasteiger partial charge is 0.497 e. The van der Waals surface area contributed by atoms with E-state index >= 15 is 0 Å². The molecule has 0 aliphatic carbocycles. The van der Waals surface area contributed by atoms with Gasteiger partial charge in [0, 0.05) is 23.6 Å². The molecule has 0 radical (unpaired) electrons. The molecule has 0 fully saturated rings. The number of rotatable bonds is 8. The smallest absolute Gasteiger partial charge is 0.237 e. The molecule has 0 saturated heterocycles. The number of thioether (sulfide) groups is 1. The van der Waals surface area contributed by atoms with Gasteiger partial charge in [0.1, 0.15) is 11.5 Å². The first-order chi connectivity index (χ1) is 13.0. The zero-order chi connectivity index (χ0) is 19.8. The maximum atomic E-state index is 12.8. The molecule has 6 nitrogen and oxygen atoms in total. The van der Waals surface area contributed by atoms with Gasteiger partial charge in [-0.15, -0.1) is 11.8 Å². The van der Waals surface area contributed by atoms with Gasteiger partial charge in [-0.05, 0) is 36.8 Å². The summed E-state index contributed by atoms with van der Waals surface area (Å²) in [6.07, 6.45) is 0.646. The Balaban J connectivity index is 2.13. The van der Waals surface area contributed by atoms with E-state index in [0.29, 0.717) is 29.3 Å². The number of methoxy groups -OCH3 is 2. The van der Waals surface area contributed by atoms with Crippen LogP contribution in [-0.4, -0.2) is 31.3 Å². The van der Waals surface area contributed by atoms with Crippen molar-refractivity contribution in [2.45, 2.75) is 30.4 Å². The molecule has 0 bridgehead atoms. The highest BCUT2D eigenvalue weighted by molar-refractivity contribution is 8.00. The summed E-state index contributed by atoms with van der Waals surface area (Å²) in [4.78, 5) is 24.9. The van der Waals surface area contributed by atoms with Gasteiger partial charge in [-0.25, -0.2) is 0 Å². The molecule has 1 unspecified atom stereocenters. The SMILES string of the molecule is CCC(Sc1cccc(NC(C)=O)c1)C(=O)Nc1cc(OC)ccc1OC. The number of hydrogen-bond acceptors (Lipinski definition) is 5. The normalized spacial score (nSPS) is 11.4. The Labute approximate surface area is 163 Å². The van der Waals surface area contributed by atoms with Crippen molar-refractivity contribution in [1.29, 1.82) is 0 Å². The number of amides is 2. The molecule has 0 aromatic heterocycles. The molecule has 0 saturated carbocycles. The van der Waals surface area contributed by atoms with E-state index in [1.54, 1.807) is 32.4 Å². The molecule has 2 aromatic rings. The molecule has 144 valence electrons. The second kappa shape index (κ2) is 9.87. The Morgan fingerprint density at radius 2 is 1.85 bits per heavy atom. The van der Waals surface area contributed by atoms with Crippen molar-refractivity contribution in [2.75, 3.05) is 24.9 Å². The van der Waals surface area contributed by atoms with Crippen LogP contribution in [0, 0.1) is 0 Å². The van der Waals surface area contributed by atoms with Crippen LogP contribution in [0.5, 0.6) is 11.5 Å². The van der Waals surface area contributed by atoms with Gasteiger partial charge in [-0.1, -0.05) is 13.0 Å². The average molecular weight is 388 g/mol. The summed E-state index contributed by atoms with van der Waals surface area (Å²) in [5, 5.41) is 5.37. The highest BCUT2D eigenvalue weighted by atomic mass is 32.2. The van der Waals surface area contributed by atoms with E-state index in [9.17, 15) is 9.59 Å². The van der Waals surface area contributed by atoms with E-state index in [2.05, 4.69) is 10.6 Å². The number of ether oxygens (including phenoxy) is 2. The molecule has 0 spiro atoms. The Morgan fingerprint density at radius 1 is 1.07 bits per heavy atom. The predicted molar refractivity (Wildman–Crippen MR) is 109 cm³/mol. The molecule has 2 N–H and O–H groups in total. The summed E-state index contributed by atoms with van der Waals surface area (Å²) >= 11 is 1.45. The van der Waals surface area contributed by atoms with Crippen molar-refractivity contribution < 1.29 is 19.1 Å². The second-order valence-corrected chi connectivity index (χ2v) is 7.06. The topological polar surface area (TPSA) is 76.7 Å².